The molecule has 2 fully saturated rings. The van der Waals surface area contributed by atoms with E-state index in [4.69, 9.17) is 9.47 Å². The van der Waals surface area contributed by atoms with E-state index in [0.717, 1.165) is 32.4 Å². The van der Waals surface area contributed by atoms with Gasteiger partial charge in [-0.15, -0.1) is 0 Å². The number of ether oxygens (including phenoxy) is 2. The summed E-state index contributed by atoms with van der Waals surface area (Å²) in [5.74, 6) is 0.121. The molecule has 2 aromatic heterocycles. The number of halogens is 1. The van der Waals surface area contributed by atoms with Crippen molar-refractivity contribution >= 4 is 5.95 Å². The van der Waals surface area contributed by atoms with Crippen molar-refractivity contribution < 1.29 is 13.9 Å². The molecular weight excluding hydrogens is 325 g/mol. The van der Waals surface area contributed by atoms with Crippen molar-refractivity contribution in [2.45, 2.75) is 44.1 Å². The molecule has 8 heteroatoms. The average molecular weight is 347 g/mol. The first-order chi connectivity index (χ1) is 12.3. The Labute approximate surface area is 145 Å². The minimum atomic E-state index is -0.425. The summed E-state index contributed by atoms with van der Waals surface area (Å²) < 4.78 is 27.1. The van der Waals surface area contributed by atoms with Crippen LogP contribution in [-0.4, -0.2) is 57.8 Å². The van der Waals surface area contributed by atoms with Crippen molar-refractivity contribution in [3.05, 3.63) is 36.7 Å². The molecule has 2 aliphatic heterocycles. The monoisotopic (exact) mass is 347 g/mol. The number of fused-ring (bicyclic) bond motifs is 1. The van der Waals surface area contributed by atoms with Gasteiger partial charge in [-0.2, -0.15) is 5.10 Å². The molecule has 3 atom stereocenters. The molecule has 0 aromatic carbocycles. The molecule has 2 aliphatic rings. The fourth-order valence-corrected chi connectivity index (χ4v) is 3.63. The number of nitrogens with zero attached hydrogens (tertiary/aromatic N) is 5. The molecule has 7 nitrogen and oxygen atoms in total. The standard InChI is InChI=1S/C17H22FN5O2/c18-13-10-19-17(20-11-13)23-12-15(16-14(23)4-1-8-25-16)24-9-3-7-22-6-2-5-21-22/h2,5-6,10-11,14-16H,1,3-4,7-9,12H2/t14-,15-,16+/m1/s1. The second-order valence-corrected chi connectivity index (χ2v) is 6.43. The number of hydrogen-bond acceptors (Lipinski definition) is 6. The minimum Gasteiger partial charge on any atom is -0.374 e. The van der Waals surface area contributed by atoms with Crippen LogP contribution in [0.1, 0.15) is 19.3 Å². The van der Waals surface area contributed by atoms with Gasteiger partial charge in [0.25, 0.3) is 0 Å². The van der Waals surface area contributed by atoms with E-state index in [0.29, 0.717) is 19.1 Å². The maximum atomic E-state index is 13.1. The van der Waals surface area contributed by atoms with Crippen LogP contribution in [0.3, 0.4) is 0 Å². The van der Waals surface area contributed by atoms with Gasteiger partial charge in [0.15, 0.2) is 5.82 Å². The normalized spacial score (nSPS) is 26.0. The third kappa shape index (κ3) is 3.64. The predicted molar refractivity (Wildman–Crippen MR) is 88.7 cm³/mol. The van der Waals surface area contributed by atoms with Crippen LogP contribution in [0.2, 0.25) is 0 Å². The highest BCUT2D eigenvalue weighted by Crippen LogP contribution is 2.32. The quantitative estimate of drug-likeness (QED) is 0.741. The van der Waals surface area contributed by atoms with E-state index < -0.39 is 5.82 Å². The molecule has 0 unspecified atom stereocenters. The smallest absolute Gasteiger partial charge is 0.225 e. The fraction of sp³-hybridized carbons (Fsp3) is 0.588. The first-order valence-electron chi connectivity index (χ1n) is 8.76. The molecule has 0 aliphatic carbocycles. The second kappa shape index (κ2) is 7.45. The lowest BCUT2D eigenvalue weighted by Gasteiger charge is -2.32. The fourth-order valence-electron chi connectivity index (χ4n) is 3.63. The van der Waals surface area contributed by atoms with Crippen LogP contribution in [-0.2, 0) is 16.0 Å². The summed E-state index contributed by atoms with van der Waals surface area (Å²) in [5.41, 5.74) is 0. The number of aryl methyl sites for hydroxylation is 1. The molecule has 0 N–H and O–H groups in total. The van der Waals surface area contributed by atoms with Crippen LogP contribution < -0.4 is 4.90 Å². The number of anilines is 1. The summed E-state index contributed by atoms with van der Waals surface area (Å²) >= 11 is 0. The van der Waals surface area contributed by atoms with Crippen molar-refractivity contribution in [3.8, 4) is 0 Å². The van der Waals surface area contributed by atoms with Gasteiger partial charge >= 0.3 is 0 Å². The maximum absolute atomic E-state index is 13.1. The van der Waals surface area contributed by atoms with Gasteiger partial charge < -0.3 is 14.4 Å². The Morgan fingerprint density at radius 1 is 1.32 bits per heavy atom. The van der Waals surface area contributed by atoms with Gasteiger partial charge in [0, 0.05) is 32.2 Å². The molecule has 0 bridgehead atoms. The summed E-state index contributed by atoms with van der Waals surface area (Å²) in [7, 11) is 0. The first kappa shape index (κ1) is 16.4. The number of hydrogen-bond donors (Lipinski definition) is 0. The minimum absolute atomic E-state index is 0.0171. The average Bonchev–Trinajstić information content (AvgIpc) is 3.28. The molecule has 0 saturated carbocycles. The third-order valence-electron chi connectivity index (χ3n) is 4.76. The molecule has 2 saturated heterocycles. The van der Waals surface area contributed by atoms with E-state index >= 15 is 0 Å². The Balaban J connectivity index is 1.37. The van der Waals surface area contributed by atoms with E-state index in [9.17, 15) is 4.39 Å². The van der Waals surface area contributed by atoms with Gasteiger partial charge in [-0.1, -0.05) is 0 Å². The lowest BCUT2D eigenvalue weighted by Crippen LogP contribution is -2.42. The van der Waals surface area contributed by atoms with Crippen molar-refractivity contribution in [1.82, 2.24) is 19.7 Å². The third-order valence-corrected chi connectivity index (χ3v) is 4.76. The van der Waals surface area contributed by atoms with Crippen molar-refractivity contribution in [2.24, 2.45) is 0 Å². The van der Waals surface area contributed by atoms with Crippen LogP contribution in [0.25, 0.3) is 0 Å². The van der Waals surface area contributed by atoms with E-state index in [2.05, 4.69) is 20.0 Å². The highest BCUT2D eigenvalue weighted by molar-refractivity contribution is 5.35. The van der Waals surface area contributed by atoms with Crippen molar-refractivity contribution in [3.63, 3.8) is 0 Å². The Morgan fingerprint density at radius 3 is 3.00 bits per heavy atom. The Hall–Kier alpha value is -2.06. The van der Waals surface area contributed by atoms with Gasteiger partial charge in [0.1, 0.15) is 12.2 Å². The zero-order valence-corrected chi connectivity index (χ0v) is 14.0. The van der Waals surface area contributed by atoms with Crippen LogP contribution in [0.4, 0.5) is 10.3 Å². The summed E-state index contributed by atoms with van der Waals surface area (Å²) in [6, 6.07) is 2.11. The summed E-state index contributed by atoms with van der Waals surface area (Å²) in [6.07, 6.45) is 9.05. The maximum Gasteiger partial charge on any atom is 0.225 e. The Kier molecular flexibility index (Phi) is 4.89. The van der Waals surface area contributed by atoms with Gasteiger partial charge in [0.05, 0.1) is 25.0 Å². The van der Waals surface area contributed by atoms with Crippen molar-refractivity contribution in [2.75, 3.05) is 24.7 Å². The molecule has 0 amide bonds. The van der Waals surface area contributed by atoms with Crippen molar-refractivity contribution in [1.29, 1.82) is 0 Å². The molecule has 134 valence electrons. The topological polar surface area (TPSA) is 65.3 Å². The summed E-state index contributed by atoms with van der Waals surface area (Å²) in [4.78, 5) is 10.4. The molecule has 2 aromatic rings. The summed E-state index contributed by atoms with van der Waals surface area (Å²) in [5, 5.41) is 4.19. The lowest BCUT2D eigenvalue weighted by atomic mass is 10.0. The van der Waals surface area contributed by atoms with E-state index in [1.807, 2.05) is 16.9 Å². The first-order valence-corrected chi connectivity index (χ1v) is 8.76. The molecule has 4 heterocycles. The zero-order valence-electron chi connectivity index (χ0n) is 14.0. The number of aromatic nitrogens is 4. The van der Waals surface area contributed by atoms with Gasteiger partial charge in [-0.05, 0) is 25.3 Å². The van der Waals surface area contributed by atoms with Crippen LogP contribution in [0, 0.1) is 5.82 Å². The lowest BCUT2D eigenvalue weighted by molar-refractivity contribution is -0.0740. The van der Waals surface area contributed by atoms with E-state index in [1.54, 1.807) is 6.20 Å². The van der Waals surface area contributed by atoms with Gasteiger partial charge in [0.2, 0.25) is 5.95 Å². The molecule has 25 heavy (non-hydrogen) atoms. The molecule has 4 rings (SSSR count). The highest BCUT2D eigenvalue weighted by atomic mass is 19.1. The largest absolute Gasteiger partial charge is 0.374 e. The van der Waals surface area contributed by atoms with E-state index in [-0.39, 0.29) is 18.2 Å². The Morgan fingerprint density at radius 2 is 2.20 bits per heavy atom. The SMILES string of the molecule is Fc1cnc(N2C[C@@H](OCCCn3cccn3)[C@H]3OCCC[C@H]32)nc1. The number of rotatable bonds is 6. The van der Waals surface area contributed by atoms with Crippen LogP contribution in [0.15, 0.2) is 30.9 Å². The van der Waals surface area contributed by atoms with Gasteiger partial charge in [-0.25, -0.2) is 14.4 Å². The van der Waals surface area contributed by atoms with E-state index in [1.165, 1.54) is 12.4 Å². The zero-order chi connectivity index (χ0) is 17.1. The summed E-state index contributed by atoms with van der Waals surface area (Å²) in [6.45, 7) is 2.91. The molecule has 0 spiro atoms. The van der Waals surface area contributed by atoms with Crippen LogP contribution in [0.5, 0.6) is 0 Å². The van der Waals surface area contributed by atoms with Gasteiger partial charge in [-0.3, -0.25) is 4.68 Å². The highest BCUT2D eigenvalue weighted by Gasteiger charge is 2.45. The molecule has 0 radical (unpaired) electrons. The second-order valence-electron chi connectivity index (χ2n) is 6.43. The Bertz CT molecular complexity index is 666. The predicted octanol–water partition coefficient (Wildman–Crippen LogP) is 1.66. The van der Waals surface area contributed by atoms with Crippen LogP contribution >= 0.6 is 0 Å². The molecular formula is C17H22FN5O2.